The van der Waals surface area contributed by atoms with Crippen LogP contribution in [0.1, 0.15) is 36.4 Å². The highest BCUT2D eigenvalue weighted by Gasteiger charge is 2.36. The van der Waals surface area contributed by atoms with Gasteiger partial charge < -0.3 is 4.57 Å². The Hall–Kier alpha value is -2.64. The van der Waals surface area contributed by atoms with Crippen LogP contribution in [0.3, 0.4) is 0 Å². The summed E-state index contributed by atoms with van der Waals surface area (Å²) in [6.45, 7) is 10.1. The number of nitrogens with one attached hydrogen (secondary N) is 1. The van der Waals surface area contributed by atoms with Crippen molar-refractivity contribution < 1.29 is 4.79 Å². The Balaban J connectivity index is 1.77. The second kappa shape index (κ2) is 7.56. The fourth-order valence-corrected chi connectivity index (χ4v) is 4.58. The number of aliphatic imine (C=N–C) groups is 1. The predicted octanol–water partition coefficient (Wildman–Crippen LogP) is 5.33. The number of hydrogen-bond donors (Lipinski definition) is 1. The van der Waals surface area contributed by atoms with Crippen molar-refractivity contribution in [3.63, 3.8) is 0 Å². The first-order chi connectivity index (χ1) is 14.2. The highest BCUT2D eigenvalue weighted by molar-refractivity contribution is 8.27. The first kappa shape index (κ1) is 20.6. The smallest absolute Gasteiger partial charge is 0.283 e. The van der Waals surface area contributed by atoms with E-state index in [-0.39, 0.29) is 17.3 Å². The summed E-state index contributed by atoms with van der Waals surface area (Å²) < 4.78 is 2.11. The number of hydrazone groups is 1. The molecule has 4 rings (SSSR count). The summed E-state index contributed by atoms with van der Waals surface area (Å²) in [6.07, 6.45) is 1.73. The Labute approximate surface area is 184 Å². The van der Waals surface area contributed by atoms with Gasteiger partial charge in [0.05, 0.1) is 5.57 Å². The van der Waals surface area contributed by atoms with E-state index in [4.69, 9.17) is 17.0 Å². The van der Waals surface area contributed by atoms with E-state index in [1.165, 1.54) is 16.8 Å². The van der Waals surface area contributed by atoms with Gasteiger partial charge in [-0.25, -0.2) is 0 Å². The second-order valence-corrected chi connectivity index (χ2v) is 9.13. The zero-order chi connectivity index (χ0) is 21.7. The van der Waals surface area contributed by atoms with Crippen molar-refractivity contribution in [1.29, 1.82) is 5.41 Å². The summed E-state index contributed by atoms with van der Waals surface area (Å²) in [6, 6.07) is 7.79. The van der Waals surface area contributed by atoms with Crippen LogP contribution in [-0.4, -0.2) is 31.5 Å². The molecule has 0 fully saturated rings. The highest BCUT2D eigenvalue weighted by Crippen LogP contribution is 2.32. The molecule has 1 aromatic carbocycles. The number of carbonyl (C=O) groups is 1. The molecule has 30 heavy (non-hydrogen) atoms. The summed E-state index contributed by atoms with van der Waals surface area (Å²) in [7, 11) is 0. The number of carbonyl (C=O) groups excluding carboxylic acids is 1. The molecule has 2 aromatic rings. The van der Waals surface area contributed by atoms with Gasteiger partial charge in [0.1, 0.15) is 5.04 Å². The molecule has 1 N–H and O–H groups in total. The third-order valence-electron chi connectivity index (χ3n) is 5.15. The number of amides is 1. The molecule has 0 atom stereocenters. The number of nitrogens with zero attached hydrogens (tertiary/aromatic N) is 4. The number of benzene rings is 1. The average molecular weight is 440 g/mol. The van der Waals surface area contributed by atoms with Crippen molar-refractivity contribution in [2.45, 2.75) is 34.6 Å². The molecule has 0 saturated carbocycles. The molecule has 0 radical (unpaired) electrons. The average Bonchev–Trinajstić information content (AvgIpc) is 3.22. The minimum absolute atomic E-state index is 0.0527. The van der Waals surface area contributed by atoms with Crippen LogP contribution in [0.2, 0.25) is 5.02 Å². The standard InChI is InChI=1S/C22H22ClN5OS/c1-11(2)21-26-28-19(24)17(20(29)25-22(28)30-21)9-15-8-13(4)27(14(15)5)18-10-16(23)7-6-12(18)3/h6-11,24H,1-5H3/b17-9+,24-19?. The van der Waals surface area contributed by atoms with Crippen LogP contribution in [0.5, 0.6) is 0 Å². The minimum Gasteiger partial charge on any atom is -0.318 e. The first-order valence-electron chi connectivity index (χ1n) is 9.63. The molecule has 6 nitrogen and oxygen atoms in total. The molecule has 0 unspecified atom stereocenters. The molecule has 8 heteroatoms. The predicted molar refractivity (Wildman–Crippen MR) is 125 cm³/mol. The third kappa shape index (κ3) is 3.42. The molecule has 0 aliphatic carbocycles. The fraction of sp³-hybridized carbons (Fsp3) is 0.273. The topological polar surface area (TPSA) is 73.8 Å². The summed E-state index contributed by atoms with van der Waals surface area (Å²) in [5.41, 5.74) is 5.16. The third-order valence-corrected chi connectivity index (χ3v) is 6.59. The Bertz CT molecular complexity index is 1190. The molecular weight excluding hydrogens is 418 g/mol. The number of aromatic nitrogens is 1. The Morgan fingerprint density at radius 2 is 1.93 bits per heavy atom. The van der Waals surface area contributed by atoms with Crippen molar-refractivity contribution in [2.75, 3.05) is 0 Å². The minimum atomic E-state index is -0.414. The maximum absolute atomic E-state index is 12.7. The van der Waals surface area contributed by atoms with Gasteiger partial charge in [0.15, 0.2) is 5.84 Å². The largest absolute Gasteiger partial charge is 0.318 e. The number of fused-ring (bicyclic) bond motifs is 1. The number of rotatable bonds is 3. The number of thioether (sulfide) groups is 1. The lowest BCUT2D eigenvalue weighted by Crippen LogP contribution is -2.35. The summed E-state index contributed by atoms with van der Waals surface area (Å²) in [5, 5.41) is 16.4. The van der Waals surface area contributed by atoms with Gasteiger partial charge in [-0.2, -0.15) is 15.1 Å². The van der Waals surface area contributed by atoms with Gasteiger partial charge in [-0.1, -0.05) is 31.5 Å². The summed E-state index contributed by atoms with van der Waals surface area (Å²) in [5.74, 6) is -0.155. The van der Waals surface area contributed by atoms with Gasteiger partial charge in [-0.05, 0) is 67.9 Å². The lowest BCUT2D eigenvalue weighted by molar-refractivity contribution is -0.114. The van der Waals surface area contributed by atoms with E-state index >= 15 is 0 Å². The van der Waals surface area contributed by atoms with E-state index < -0.39 is 5.91 Å². The number of amidine groups is 2. The quantitative estimate of drug-likeness (QED) is 0.656. The Kier molecular flexibility index (Phi) is 5.20. The maximum Gasteiger partial charge on any atom is 0.283 e. The van der Waals surface area contributed by atoms with E-state index in [9.17, 15) is 4.79 Å². The molecule has 0 spiro atoms. The van der Waals surface area contributed by atoms with E-state index in [2.05, 4.69) is 14.7 Å². The van der Waals surface area contributed by atoms with Gasteiger partial charge in [-0.15, -0.1) is 0 Å². The summed E-state index contributed by atoms with van der Waals surface area (Å²) in [4.78, 5) is 16.9. The molecule has 1 amide bonds. The van der Waals surface area contributed by atoms with Crippen molar-refractivity contribution >= 4 is 51.4 Å². The number of halogens is 1. The van der Waals surface area contributed by atoms with Crippen LogP contribution in [0.15, 0.2) is 39.9 Å². The van der Waals surface area contributed by atoms with E-state index in [1.54, 1.807) is 6.08 Å². The zero-order valence-electron chi connectivity index (χ0n) is 17.4. The zero-order valence-corrected chi connectivity index (χ0v) is 19.0. The first-order valence-corrected chi connectivity index (χ1v) is 10.8. The molecule has 2 aliphatic rings. The fourth-order valence-electron chi connectivity index (χ4n) is 3.52. The van der Waals surface area contributed by atoms with Crippen LogP contribution >= 0.6 is 23.4 Å². The van der Waals surface area contributed by atoms with Crippen molar-refractivity contribution in [2.24, 2.45) is 16.0 Å². The van der Waals surface area contributed by atoms with Gasteiger partial charge in [-0.3, -0.25) is 10.2 Å². The number of hydrogen-bond acceptors (Lipinski definition) is 4. The molecular formula is C22H22ClN5OS. The normalized spacial score (nSPS) is 17.7. The molecule has 0 saturated heterocycles. The number of aryl methyl sites for hydroxylation is 2. The van der Waals surface area contributed by atoms with Crippen LogP contribution in [0.4, 0.5) is 0 Å². The molecule has 1 aromatic heterocycles. The van der Waals surface area contributed by atoms with E-state index in [0.717, 1.165) is 33.2 Å². The molecule has 2 aliphatic heterocycles. The van der Waals surface area contributed by atoms with Gasteiger partial charge >= 0.3 is 0 Å². The SMILES string of the molecule is Cc1ccc(Cl)cc1-n1c(C)cc(/C=C2\C(=N)N3N=C(C(C)C)SC3=NC2=O)c1C. The second-order valence-electron chi connectivity index (χ2n) is 7.71. The van der Waals surface area contributed by atoms with E-state index in [0.29, 0.717) is 10.2 Å². The van der Waals surface area contributed by atoms with Crippen LogP contribution in [-0.2, 0) is 4.79 Å². The molecule has 0 bridgehead atoms. The Morgan fingerprint density at radius 3 is 2.63 bits per heavy atom. The van der Waals surface area contributed by atoms with Crippen molar-refractivity contribution in [1.82, 2.24) is 9.58 Å². The highest BCUT2D eigenvalue weighted by atomic mass is 35.5. The Morgan fingerprint density at radius 1 is 1.20 bits per heavy atom. The van der Waals surface area contributed by atoms with Gasteiger partial charge in [0.25, 0.3) is 5.91 Å². The van der Waals surface area contributed by atoms with Gasteiger partial charge in [0.2, 0.25) is 5.17 Å². The lowest BCUT2D eigenvalue weighted by atomic mass is 10.1. The summed E-state index contributed by atoms with van der Waals surface area (Å²) >= 11 is 7.57. The van der Waals surface area contributed by atoms with Crippen molar-refractivity contribution in [3.8, 4) is 5.69 Å². The van der Waals surface area contributed by atoms with E-state index in [1.807, 2.05) is 58.9 Å². The van der Waals surface area contributed by atoms with Crippen LogP contribution in [0, 0.1) is 32.1 Å². The monoisotopic (exact) mass is 439 g/mol. The molecule has 154 valence electrons. The molecule has 3 heterocycles. The lowest BCUT2D eigenvalue weighted by Gasteiger charge is -2.20. The van der Waals surface area contributed by atoms with Crippen molar-refractivity contribution in [3.05, 3.63) is 57.4 Å². The van der Waals surface area contributed by atoms with Crippen LogP contribution in [0.25, 0.3) is 11.8 Å². The maximum atomic E-state index is 12.7. The van der Waals surface area contributed by atoms with Gasteiger partial charge in [0, 0.05) is 28.0 Å². The van der Waals surface area contributed by atoms with Crippen LogP contribution < -0.4 is 0 Å².